The van der Waals surface area contributed by atoms with Gasteiger partial charge in [-0.2, -0.15) is 0 Å². The molecule has 2 amide bonds. The quantitative estimate of drug-likeness (QED) is 0.815. The van der Waals surface area contributed by atoms with Crippen LogP contribution < -0.4 is 20.1 Å². The number of carbonyl (C=O) groups excluding carboxylic acids is 2. The Morgan fingerprint density at radius 3 is 2.52 bits per heavy atom. The van der Waals surface area contributed by atoms with Gasteiger partial charge in [-0.25, -0.2) is 0 Å². The van der Waals surface area contributed by atoms with Crippen LogP contribution in [-0.2, 0) is 9.59 Å². The predicted octanol–water partition coefficient (Wildman–Crippen LogP) is 1.94. The molecular weight excluding hydrogens is 360 g/mol. The van der Waals surface area contributed by atoms with Gasteiger partial charge >= 0.3 is 6.29 Å². The molecule has 1 aromatic rings. The second-order valence-electron chi connectivity index (χ2n) is 7.21. The van der Waals surface area contributed by atoms with E-state index in [9.17, 15) is 18.4 Å². The normalized spacial score (nSPS) is 21.7. The van der Waals surface area contributed by atoms with Crippen LogP contribution in [0.2, 0.25) is 0 Å². The third-order valence-corrected chi connectivity index (χ3v) is 4.93. The summed E-state index contributed by atoms with van der Waals surface area (Å²) in [5, 5.41) is 5.75. The molecule has 9 heteroatoms. The maximum atomic E-state index is 13.0. The fourth-order valence-corrected chi connectivity index (χ4v) is 3.33. The largest absolute Gasteiger partial charge is 0.586 e. The number of benzene rings is 1. The topological polar surface area (TPSA) is 79.9 Å². The van der Waals surface area contributed by atoms with Crippen LogP contribution in [0.5, 0.6) is 11.5 Å². The van der Waals surface area contributed by atoms with Crippen LogP contribution in [0.1, 0.15) is 25.7 Å². The molecule has 1 saturated heterocycles. The van der Waals surface area contributed by atoms with Crippen molar-refractivity contribution < 1.29 is 27.8 Å². The molecule has 4 rings (SSSR count). The SMILES string of the molecule is O=C(CN1CCC(NC(=O)C2CC2)CC1)Nc1ccc2c(c1)OC(F)(F)O2. The highest BCUT2D eigenvalue weighted by Gasteiger charge is 2.43. The van der Waals surface area contributed by atoms with Gasteiger partial charge in [-0.05, 0) is 37.8 Å². The molecular formula is C18H21F2N3O4. The molecule has 2 heterocycles. The third kappa shape index (κ3) is 4.47. The van der Waals surface area contributed by atoms with Crippen molar-refractivity contribution in [3.8, 4) is 11.5 Å². The van der Waals surface area contributed by atoms with E-state index in [2.05, 4.69) is 20.1 Å². The van der Waals surface area contributed by atoms with Crippen molar-refractivity contribution in [1.82, 2.24) is 10.2 Å². The van der Waals surface area contributed by atoms with Gasteiger partial charge in [-0.1, -0.05) is 0 Å². The molecule has 1 aromatic carbocycles. The van der Waals surface area contributed by atoms with E-state index in [1.54, 1.807) is 0 Å². The van der Waals surface area contributed by atoms with Crippen molar-refractivity contribution in [3.63, 3.8) is 0 Å². The van der Waals surface area contributed by atoms with Crippen molar-refractivity contribution in [2.45, 2.75) is 38.0 Å². The van der Waals surface area contributed by atoms with Crippen LogP contribution in [0.15, 0.2) is 18.2 Å². The first kappa shape index (κ1) is 18.0. The Morgan fingerprint density at radius 1 is 1.11 bits per heavy atom. The van der Waals surface area contributed by atoms with Crippen molar-refractivity contribution in [2.24, 2.45) is 5.92 Å². The molecule has 146 valence electrons. The number of rotatable bonds is 5. The van der Waals surface area contributed by atoms with Crippen LogP contribution >= 0.6 is 0 Å². The lowest BCUT2D eigenvalue weighted by atomic mass is 10.0. The lowest BCUT2D eigenvalue weighted by Crippen LogP contribution is -2.46. The van der Waals surface area contributed by atoms with Gasteiger partial charge in [0.05, 0.1) is 6.54 Å². The fraction of sp³-hybridized carbons (Fsp3) is 0.556. The Morgan fingerprint density at radius 2 is 1.81 bits per heavy atom. The Hall–Kier alpha value is -2.42. The highest BCUT2D eigenvalue weighted by Crippen LogP contribution is 2.42. The van der Waals surface area contributed by atoms with Crippen molar-refractivity contribution in [3.05, 3.63) is 18.2 Å². The lowest BCUT2D eigenvalue weighted by Gasteiger charge is -2.31. The van der Waals surface area contributed by atoms with E-state index in [1.807, 2.05) is 4.90 Å². The number of halogens is 2. The summed E-state index contributed by atoms with van der Waals surface area (Å²) in [6, 6.07) is 4.31. The highest BCUT2D eigenvalue weighted by molar-refractivity contribution is 5.92. The van der Waals surface area contributed by atoms with Crippen LogP contribution in [0.3, 0.4) is 0 Å². The van der Waals surface area contributed by atoms with Crippen molar-refractivity contribution in [2.75, 3.05) is 25.0 Å². The zero-order valence-electron chi connectivity index (χ0n) is 14.7. The zero-order valence-corrected chi connectivity index (χ0v) is 14.7. The molecule has 0 spiro atoms. The Kier molecular flexibility index (Phi) is 4.63. The summed E-state index contributed by atoms with van der Waals surface area (Å²) in [7, 11) is 0. The van der Waals surface area contributed by atoms with Gasteiger partial charge in [0.1, 0.15) is 0 Å². The summed E-state index contributed by atoms with van der Waals surface area (Å²) in [4.78, 5) is 26.0. The number of likely N-dealkylation sites (tertiary alicyclic amines) is 1. The predicted molar refractivity (Wildman–Crippen MR) is 91.6 cm³/mol. The van der Waals surface area contributed by atoms with Gasteiger partial charge in [0.15, 0.2) is 11.5 Å². The zero-order chi connectivity index (χ0) is 19.0. The van der Waals surface area contributed by atoms with Gasteiger partial charge in [-0.15, -0.1) is 8.78 Å². The van der Waals surface area contributed by atoms with Gasteiger partial charge in [-0.3, -0.25) is 14.5 Å². The van der Waals surface area contributed by atoms with Crippen molar-refractivity contribution in [1.29, 1.82) is 0 Å². The first-order valence-corrected chi connectivity index (χ1v) is 9.10. The number of ether oxygens (including phenoxy) is 2. The van der Waals surface area contributed by atoms with Gasteiger partial charge in [0.2, 0.25) is 11.8 Å². The number of fused-ring (bicyclic) bond motifs is 1. The molecule has 0 atom stereocenters. The molecule has 27 heavy (non-hydrogen) atoms. The number of piperidine rings is 1. The number of alkyl halides is 2. The third-order valence-electron chi connectivity index (χ3n) is 4.93. The van der Waals surface area contributed by atoms with E-state index in [0.717, 1.165) is 38.8 Å². The van der Waals surface area contributed by atoms with Gasteiger partial charge in [0, 0.05) is 36.8 Å². The summed E-state index contributed by atoms with van der Waals surface area (Å²) in [6.07, 6.45) is -0.0787. The minimum absolute atomic E-state index is 0.0617. The van der Waals surface area contributed by atoms with Crippen LogP contribution in [0.4, 0.5) is 14.5 Å². The standard InChI is InChI=1S/C18H21F2N3O4/c19-18(20)26-14-4-3-13(9-15(14)27-18)21-16(24)10-23-7-5-12(6-8-23)22-17(25)11-1-2-11/h3-4,9,11-12H,1-2,5-8,10H2,(H,21,24)(H,22,25). The number of nitrogens with zero attached hydrogens (tertiary/aromatic N) is 1. The smallest absolute Gasteiger partial charge is 0.395 e. The first-order chi connectivity index (χ1) is 12.9. The molecule has 1 saturated carbocycles. The average molecular weight is 381 g/mol. The molecule has 1 aliphatic carbocycles. The summed E-state index contributed by atoms with van der Waals surface area (Å²) >= 11 is 0. The average Bonchev–Trinajstić information content (AvgIpc) is 3.39. The summed E-state index contributed by atoms with van der Waals surface area (Å²) in [5.41, 5.74) is 0.367. The maximum Gasteiger partial charge on any atom is 0.586 e. The number of hydrogen-bond acceptors (Lipinski definition) is 5. The molecule has 0 bridgehead atoms. The molecule has 0 aromatic heterocycles. The van der Waals surface area contributed by atoms with Crippen LogP contribution in [-0.4, -0.2) is 48.7 Å². The van der Waals surface area contributed by atoms with Crippen molar-refractivity contribution >= 4 is 17.5 Å². The number of hydrogen-bond donors (Lipinski definition) is 2. The molecule has 3 aliphatic rings. The highest BCUT2D eigenvalue weighted by atomic mass is 19.3. The van der Waals surface area contributed by atoms with Crippen LogP contribution in [0.25, 0.3) is 0 Å². The lowest BCUT2D eigenvalue weighted by molar-refractivity contribution is -0.286. The number of anilines is 1. The number of amides is 2. The minimum atomic E-state index is -3.68. The molecule has 2 aliphatic heterocycles. The summed E-state index contributed by atoms with van der Waals surface area (Å²) < 4.78 is 34.8. The molecule has 2 fully saturated rings. The van der Waals surface area contributed by atoms with E-state index in [4.69, 9.17) is 0 Å². The fourth-order valence-electron chi connectivity index (χ4n) is 3.33. The van der Waals surface area contributed by atoms with E-state index in [1.165, 1.54) is 18.2 Å². The Balaban J connectivity index is 1.23. The first-order valence-electron chi connectivity index (χ1n) is 9.10. The summed E-state index contributed by atoms with van der Waals surface area (Å²) in [6.45, 7) is 1.64. The minimum Gasteiger partial charge on any atom is -0.395 e. The molecule has 0 unspecified atom stereocenters. The van der Waals surface area contributed by atoms with E-state index < -0.39 is 6.29 Å². The molecule has 7 nitrogen and oxygen atoms in total. The van der Waals surface area contributed by atoms with E-state index in [-0.39, 0.29) is 41.8 Å². The van der Waals surface area contributed by atoms with E-state index >= 15 is 0 Å². The monoisotopic (exact) mass is 381 g/mol. The van der Waals surface area contributed by atoms with E-state index in [0.29, 0.717) is 5.69 Å². The summed E-state index contributed by atoms with van der Waals surface area (Å²) in [5.74, 6) is -0.0468. The van der Waals surface area contributed by atoms with Crippen LogP contribution in [0, 0.1) is 5.92 Å². The number of carbonyl (C=O) groups is 2. The molecule has 0 radical (unpaired) electrons. The Bertz CT molecular complexity index is 746. The van der Waals surface area contributed by atoms with Gasteiger partial charge < -0.3 is 20.1 Å². The number of nitrogens with one attached hydrogen (secondary N) is 2. The molecule has 2 N–H and O–H groups in total. The second-order valence-corrected chi connectivity index (χ2v) is 7.21. The Labute approximate surface area is 155 Å². The second kappa shape index (κ2) is 6.95. The maximum absolute atomic E-state index is 13.0. The van der Waals surface area contributed by atoms with Gasteiger partial charge in [0.25, 0.3) is 0 Å².